The molecule has 0 fully saturated rings. The molecule has 7 heteroatoms. The van der Waals surface area contributed by atoms with E-state index in [0.29, 0.717) is 17.0 Å². The fourth-order valence-corrected chi connectivity index (χ4v) is 4.06. The number of hydrogen-bond acceptors (Lipinski definition) is 5. The van der Waals surface area contributed by atoms with Crippen molar-refractivity contribution in [1.29, 1.82) is 0 Å². The van der Waals surface area contributed by atoms with Crippen LogP contribution in [0.25, 0.3) is 0 Å². The summed E-state index contributed by atoms with van der Waals surface area (Å²) >= 11 is 0. The number of aliphatic imine (C=N–C) groups is 1. The predicted octanol–water partition coefficient (Wildman–Crippen LogP) is 4.50. The molecule has 3 aromatic carbocycles. The lowest BCUT2D eigenvalue weighted by Gasteiger charge is -2.15. The van der Waals surface area contributed by atoms with Gasteiger partial charge in [-0.2, -0.15) is 0 Å². The molecule has 6 nitrogen and oxygen atoms in total. The molecule has 1 heterocycles. The van der Waals surface area contributed by atoms with Crippen LogP contribution >= 0.6 is 0 Å². The van der Waals surface area contributed by atoms with E-state index in [9.17, 15) is 14.0 Å². The molecule has 1 atom stereocenters. The van der Waals surface area contributed by atoms with Crippen molar-refractivity contribution in [1.82, 2.24) is 4.90 Å². The number of nitrogens with one attached hydrogen (secondary N) is 1. The zero-order valence-electron chi connectivity index (χ0n) is 20.0. The average molecular weight is 474 g/mol. The Bertz CT molecular complexity index is 1250. The summed E-state index contributed by atoms with van der Waals surface area (Å²) in [4.78, 5) is 31.7. The maximum Gasteiger partial charge on any atom is 0.309 e. The highest BCUT2D eigenvalue weighted by Gasteiger charge is 2.35. The Labute approximate surface area is 204 Å². The van der Waals surface area contributed by atoms with Gasteiger partial charge in [-0.15, -0.1) is 0 Å². The molecular formula is C28H28FN3O3. The lowest BCUT2D eigenvalue weighted by Crippen LogP contribution is -2.22. The number of carbonyl (C=O) groups is 2. The Hall–Kier alpha value is -3.84. The second-order valence-corrected chi connectivity index (χ2v) is 8.82. The topological polar surface area (TPSA) is 71.0 Å². The highest BCUT2D eigenvalue weighted by molar-refractivity contribution is 6.24. The number of amides is 1. The summed E-state index contributed by atoms with van der Waals surface area (Å²) in [7, 11) is 5.43. The number of rotatable bonds is 8. The van der Waals surface area contributed by atoms with Crippen LogP contribution in [-0.2, 0) is 27.2 Å². The van der Waals surface area contributed by atoms with Crippen LogP contribution in [0.15, 0.2) is 71.7 Å². The number of esters is 1. The molecule has 0 radical (unpaired) electrons. The molecule has 1 aliphatic rings. The summed E-state index contributed by atoms with van der Waals surface area (Å²) in [5.41, 5.74) is 5.14. The van der Waals surface area contributed by atoms with E-state index in [-0.39, 0.29) is 18.3 Å². The summed E-state index contributed by atoms with van der Waals surface area (Å²) in [6, 6.07) is 19.6. The highest BCUT2D eigenvalue weighted by Crippen LogP contribution is 2.36. The first-order chi connectivity index (χ1) is 16.8. The van der Waals surface area contributed by atoms with E-state index in [0.717, 1.165) is 29.8 Å². The van der Waals surface area contributed by atoms with Crippen molar-refractivity contribution in [3.05, 3.63) is 94.8 Å². The molecule has 1 amide bonds. The number of fused-ring (bicyclic) bond motifs is 1. The summed E-state index contributed by atoms with van der Waals surface area (Å²) in [6.07, 6.45) is 1.08. The van der Waals surface area contributed by atoms with Gasteiger partial charge in [0.1, 0.15) is 11.7 Å². The number of methoxy groups -OCH3 is 1. The van der Waals surface area contributed by atoms with Gasteiger partial charge in [-0.3, -0.25) is 14.6 Å². The van der Waals surface area contributed by atoms with Gasteiger partial charge < -0.3 is 15.0 Å². The molecule has 0 bridgehead atoms. The van der Waals surface area contributed by atoms with Crippen molar-refractivity contribution in [3.63, 3.8) is 0 Å². The third-order valence-electron chi connectivity index (χ3n) is 5.98. The molecule has 1 unspecified atom stereocenters. The Morgan fingerprint density at radius 3 is 2.37 bits per heavy atom. The minimum atomic E-state index is -0.689. The zero-order chi connectivity index (χ0) is 24.9. The summed E-state index contributed by atoms with van der Waals surface area (Å²) in [5.74, 6) is -1.69. The van der Waals surface area contributed by atoms with Crippen molar-refractivity contribution >= 4 is 29.0 Å². The van der Waals surface area contributed by atoms with Crippen LogP contribution in [0.4, 0.5) is 15.8 Å². The third-order valence-corrected chi connectivity index (χ3v) is 5.98. The van der Waals surface area contributed by atoms with Gasteiger partial charge in [-0.05, 0) is 67.0 Å². The highest BCUT2D eigenvalue weighted by atomic mass is 19.1. The fraction of sp³-hybridized carbons (Fsp3) is 0.250. The average Bonchev–Trinajstić information content (AvgIpc) is 3.16. The van der Waals surface area contributed by atoms with Gasteiger partial charge in [0.05, 0.1) is 24.9 Å². The number of likely N-dealkylation sites (N-methyl/N-ethyl adjacent to an activating group) is 1. The first kappa shape index (κ1) is 24.3. The lowest BCUT2D eigenvalue weighted by atomic mass is 9.90. The number of carbonyl (C=O) groups excluding carboxylic acids is 2. The van der Waals surface area contributed by atoms with Crippen molar-refractivity contribution in [2.75, 3.05) is 33.1 Å². The standard InChI is InChI=1S/C28H28FN3O3/c1-32(2)15-14-18-6-11-22(12-7-18)30-27(20-8-4-19(5-9-20)16-25(33)35-3)26-23-13-10-21(29)17-24(23)31-28(26)34/h4-13,17,26H,14-16H2,1-3H3,(H,31,34). The van der Waals surface area contributed by atoms with Crippen LogP contribution in [0.1, 0.15) is 28.2 Å². The van der Waals surface area contributed by atoms with E-state index in [4.69, 9.17) is 9.73 Å². The van der Waals surface area contributed by atoms with Crippen LogP contribution < -0.4 is 5.32 Å². The number of benzene rings is 3. The van der Waals surface area contributed by atoms with E-state index < -0.39 is 11.7 Å². The molecule has 1 aliphatic heterocycles. The molecule has 0 spiro atoms. The second kappa shape index (κ2) is 10.6. The maximum atomic E-state index is 13.8. The third kappa shape index (κ3) is 5.81. The number of hydrogen-bond donors (Lipinski definition) is 1. The van der Waals surface area contributed by atoms with E-state index in [1.165, 1.54) is 24.8 Å². The van der Waals surface area contributed by atoms with Crippen LogP contribution in [0.5, 0.6) is 0 Å². The van der Waals surface area contributed by atoms with Crippen LogP contribution in [0.3, 0.4) is 0 Å². The minimum Gasteiger partial charge on any atom is -0.469 e. The second-order valence-electron chi connectivity index (χ2n) is 8.82. The van der Waals surface area contributed by atoms with Gasteiger partial charge in [0.15, 0.2) is 0 Å². The van der Waals surface area contributed by atoms with Gasteiger partial charge in [0.25, 0.3) is 0 Å². The van der Waals surface area contributed by atoms with Crippen LogP contribution in [-0.4, -0.2) is 50.2 Å². The number of ether oxygens (including phenoxy) is 1. The smallest absolute Gasteiger partial charge is 0.309 e. The first-order valence-corrected chi connectivity index (χ1v) is 11.4. The summed E-state index contributed by atoms with van der Waals surface area (Å²) in [5, 5.41) is 2.78. The molecule has 0 aromatic heterocycles. The van der Waals surface area contributed by atoms with Gasteiger partial charge in [0, 0.05) is 12.2 Å². The lowest BCUT2D eigenvalue weighted by molar-refractivity contribution is -0.139. The van der Waals surface area contributed by atoms with Crippen molar-refractivity contribution in [2.24, 2.45) is 4.99 Å². The molecule has 1 N–H and O–H groups in total. The maximum absolute atomic E-state index is 13.8. The molecular weight excluding hydrogens is 445 g/mol. The normalized spacial score (nSPS) is 15.2. The van der Waals surface area contributed by atoms with Gasteiger partial charge in [-0.25, -0.2) is 4.39 Å². The van der Waals surface area contributed by atoms with Crippen LogP contribution in [0, 0.1) is 5.82 Å². The van der Waals surface area contributed by atoms with Crippen molar-refractivity contribution < 1.29 is 18.7 Å². The van der Waals surface area contributed by atoms with E-state index >= 15 is 0 Å². The van der Waals surface area contributed by atoms with Gasteiger partial charge in [0.2, 0.25) is 5.91 Å². The fourth-order valence-electron chi connectivity index (χ4n) is 4.06. The Morgan fingerprint density at radius 1 is 1.03 bits per heavy atom. The molecule has 35 heavy (non-hydrogen) atoms. The quantitative estimate of drug-likeness (QED) is 0.386. The minimum absolute atomic E-state index is 0.156. The largest absolute Gasteiger partial charge is 0.469 e. The zero-order valence-corrected chi connectivity index (χ0v) is 20.0. The Kier molecular flexibility index (Phi) is 7.36. The number of anilines is 1. The Morgan fingerprint density at radius 2 is 1.71 bits per heavy atom. The monoisotopic (exact) mass is 473 g/mol. The van der Waals surface area contributed by atoms with E-state index in [1.807, 2.05) is 62.6 Å². The number of nitrogens with zero attached hydrogens (tertiary/aromatic N) is 2. The molecule has 0 saturated carbocycles. The van der Waals surface area contributed by atoms with Gasteiger partial charge >= 0.3 is 5.97 Å². The summed E-state index contributed by atoms with van der Waals surface area (Å²) < 4.78 is 18.5. The van der Waals surface area contributed by atoms with Crippen LogP contribution in [0.2, 0.25) is 0 Å². The molecule has 180 valence electrons. The van der Waals surface area contributed by atoms with Gasteiger partial charge in [-0.1, -0.05) is 42.5 Å². The van der Waals surface area contributed by atoms with E-state index in [1.54, 1.807) is 6.07 Å². The molecule has 0 saturated heterocycles. The molecule has 0 aliphatic carbocycles. The summed E-state index contributed by atoms with van der Waals surface area (Å²) in [6.45, 7) is 0.946. The number of halogens is 1. The van der Waals surface area contributed by atoms with E-state index in [2.05, 4.69) is 10.2 Å². The predicted molar refractivity (Wildman–Crippen MR) is 135 cm³/mol. The van der Waals surface area contributed by atoms with Crippen molar-refractivity contribution in [3.8, 4) is 0 Å². The SMILES string of the molecule is COC(=O)Cc1ccc(C(=Nc2ccc(CCN(C)C)cc2)C2C(=O)Nc3cc(F)ccc32)cc1. The van der Waals surface area contributed by atoms with Crippen molar-refractivity contribution in [2.45, 2.75) is 18.8 Å². The first-order valence-electron chi connectivity index (χ1n) is 11.4. The Balaban J connectivity index is 1.72. The molecule has 3 aromatic rings. The molecule has 4 rings (SSSR count).